The number of carbonyl (C=O) groups is 2. The van der Waals surface area contributed by atoms with E-state index in [0.29, 0.717) is 24.9 Å². The number of amides is 2. The van der Waals surface area contributed by atoms with Crippen LogP contribution in [0.15, 0.2) is 48.5 Å². The van der Waals surface area contributed by atoms with Crippen LogP contribution in [0.3, 0.4) is 0 Å². The number of likely N-dealkylation sites (tertiary alicyclic amines) is 1. The van der Waals surface area contributed by atoms with E-state index in [1.54, 1.807) is 12.1 Å². The fourth-order valence-corrected chi connectivity index (χ4v) is 3.79. The fraction of sp³-hybridized carbons (Fsp3) is 0.300. The fourth-order valence-electron chi connectivity index (χ4n) is 3.79. The Hall–Kier alpha value is -3.03. The van der Waals surface area contributed by atoms with Crippen molar-refractivity contribution < 1.29 is 27.5 Å². The van der Waals surface area contributed by atoms with Crippen LogP contribution in [-0.4, -0.2) is 30.0 Å². The van der Waals surface area contributed by atoms with E-state index in [-0.39, 0.29) is 12.2 Å². The van der Waals surface area contributed by atoms with Crippen molar-refractivity contribution in [2.45, 2.75) is 24.6 Å². The highest BCUT2D eigenvalue weighted by atomic mass is 19.4. The smallest absolute Gasteiger partial charge is 0.416 e. The lowest BCUT2D eigenvalue weighted by atomic mass is 9.85. The zero-order valence-electron chi connectivity index (χ0n) is 14.8. The summed E-state index contributed by atoms with van der Waals surface area (Å²) in [7, 11) is 0. The van der Waals surface area contributed by atoms with E-state index < -0.39 is 29.3 Å². The number of piperidine rings is 1. The van der Waals surface area contributed by atoms with Crippen LogP contribution < -0.4 is 5.32 Å². The molecule has 0 aliphatic carbocycles. The summed E-state index contributed by atoms with van der Waals surface area (Å²) in [6.45, 7) is 0.663. The monoisotopic (exact) mass is 390 g/mol. The van der Waals surface area contributed by atoms with Crippen LogP contribution in [0.2, 0.25) is 0 Å². The molecule has 2 amide bonds. The standard InChI is InChI=1S/C20H17F3N2O3/c21-20(22,23)13-6-8-14(9-7-13)24-18(27)25-11-3-10-19(12-25)16-5-2-1-4-15(16)17(26)28-19/h1-2,4-9H,3,10-12H2,(H,24,27)/t19-/m1/s1. The minimum absolute atomic E-state index is 0.197. The molecule has 5 nitrogen and oxygen atoms in total. The van der Waals surface area contributed by atoms with Crippen LogP contribution in [0.4, 0.5) is 23.7 Å². The molecule has 2 heterocycles. The molecule has 1 fully saturated rings. The van der Waals surface area contributed by atoms with Gasteiger partial charge in [-0.15, -0.1) is 0 Å². The summed E-state index contributed by atoms with van der Waals surface area (Å²) in [6, 6.07) is 10.9. The van der Waals surface area contributed by atoms with E-state index >= 15 is 0 Å². The minimum atomic E-state index is -4.43. The highest BCUT2D eigenvalue weighted by molar-refractivity contribution is 5.95. The van der Waals surface area contributed by atoms with Crippen molar-refractivity contribution in [1.29, 1.82) is 0 Å². The van der Waals surface area contributed by atoms with Crippen LogP contribution in [0.1, 0.15) is 34.3 Å². The molecule has 0 radical (unpaired) electrons. The maximum Gasteiger partial charge on any atom is 0.416 e. The number of benzene rings is 2. The first kappa shape index (κ1) is 18.3. The Morgan fingerprint density at radius 2 is 1.82 bits per heavy atom. The van der Waals surface area contributed by atoms with Crippen molar-refractivity contribution >= 4 is 17.7 Å². The van der Waals surface area contributed by atoms with Gasteiger partial charge in [0.25, 0.3) is 0 Å². The van der Waals surface area contributed by atoms with E-state index in [2.05, 4.69) is 5.32 Å². The molecular formula is C20H17F3N2O3. The summed E-state index contributed by atoms with van der Waals surface area (Å²) >= 11 is 0. The van der Waals surface area contributed by atoms with E-state index in [0.717, 1.165) is 17.7 Å². The number of hydrogen-bond acceptors (Lipinski definition) is 3. The average molecular weight is 390 g/mol. The molecule has 2 aliphatic rings. The molecule has 2 aromatic carbocycles. The van der Waals surface area contributed by atoms with Crippen molar-refractivity contribution in [2.75, 3.05) is 18.4 Å². The Kier molecular flexibility index (Phi) is 4.28. The van der Waals surface area contributed by atoms with Crippen molar-refractivity contribution in [1.82, 2.24) is 4.90 Å². The second-order valence-electron chi connectivity index (χ2n) is 6.96. The van der Waals surface area contributed by atoms with Gasteiger partial charge in [0.05, 0.1) is 17.7 Å². The molecule has 146 valence electrons. The number of hydrogen-bond donors (Lipinski definition) is 1. The van der Waals surface area contributed by atoms with Gasteiger partial charge >= 0.3 is 18.2 Å². The predicted molar refractivity (Wildman–Crippen MR) is 94.8 cm³/mol. The first-order valence-electron chi connectivity index (χ1n) is 8.85. The second-order valence-corrected chi connectivity index (χ2v) is 6.96. The third-order valence-corrected chi connectivity index (χ3v) is 5.13. The highest BCUT2D eigenvalue weighted by Crippen LogP contribution is 2.42. The number of nitrogens with one attached hydrogen (secondary N) is 1. The number of carbonyl (C=O) groups excluding carboxylic acids is 2. The molecule has 2 aromatic rings. The normalized spacial score (nSPS) is 21.4. The molecule has 1 N–H and O–H groups in total. The average Bonchev–Trinajstić information content (AvgIpc) is 2.93. The molecule has 0 unspecified atom stereocenters. The first-order chi connectivity index (χ1) is 13.3. The SMILES string of the molecule is O=C1O[C@@]2(CCCN(C(=O)Nc3ccc(C(F)(F)F)cc3)C2)c2ccccc21. The minimum Gasteiger partial charge on any atom is -0.449 e. The van der Waals surface area contributed by atoms with Gasteiger partial charge in [-0.05, 0) is 43.2 Å². The molecule has 28 heavy (non-hydrogen) atoms. The summed E-state index contributed by atoms with van der Waals surface area (Å²) in [5, 5.41) is 2.61. The van der Waals surface area contributed by atoms with Gasteiger partial charge in [0.2, 0.25) is 0 Å². The first-order valence-corrected chi connectivity index (χ1v) is 8.85. The molecular weight excluding hydrogens is 373 g/mol. The van der Waals surface area contributed by atoms with Gasteiger partial charge in [-0.3, -0.25) is 0 Å². The maximum atomic E-state index is 12.7. The van der Waals surface area contributed by atoms with Gasteiger partial charge in [-0.2, -0.15) is 13.2 Å². The summed E-state index contributed by atoms with van der Waals surface area (Å²) in [6.07, 6.45) is -3.18. The number of anilines is 1. The summed E-state index contributed by atoms with van der Waals surface area (Å²) in [4.78, 5) is 26.3. The Morgan fingerprint density at radius 1 is 1.11 bits per heavy atom. The Bertz CT molecular complexity index is 927. The number of ether oxygens (including phenoxy) is 1. The quantitative estimate of drug-likeness (QED) is 0.735. The molecule has 0 aromatic heterocycles. The van der Waals surface area contributed by atoms with Crippen molar-refractivity contribution in [3.05, 3.63) is 65.2 Å². The van der Waals surface area contributed by atoms with E-state index in [1.807, 2.05) is 12.1 Å². The van der Waals surface area contributed by atoms with E-state index in [4.69, 9.17) is 4.74 Å². The molecule has 1 spiro atoms. The number of halogens is 3. The number of esters is 1. The Balaban J connectivity index is 1.50. The van der Waals surface area contributed by atoms with E-state index in [1.165, 1.54) is 17.0 Å². The van der Waals surface area contributed by atoms with Crippen LogP contribution in [-0.2, 0) is 16.5 Å². The molecule has 1 saturated heterocycles. The number of urea groups is 1. The number of rotatable bonds is 1. The molecule has 1 atom stereocenters. The molecule has 0 bridgehead atoms. The van der Waals surface area contributed by atoms with Crippen molar-refractivity contribution in [3.8, 4) is 0 Å². The van der Waals surface area contributed by atoms with Gasteiger partial charge < -0.3 is 15.0 Å². The number of nitrogens with zero attached hydrogens (tertiary/aromatic N) is 1. The lowest BCUT2D eigenvalue weighted by Crippen LogP contribution is -2.50. The third kappa shape index (κ3) is 3.19. The number of alkyl halides is 3. The lowest BCUT2D eigenvalue weighted by Gasteiger charge is -2.39. The van der Waals surface area contributed by atoms with Gasteiger partial charge in [-0.25, -0.2) is 9.59 Å². The van der Waals surface area contributed by atoms with Crippen molar-refractivity contribution in [3.63, 3.8) is 0 Å². The zero-order chi connectivity index (χ0) is 19.9. The second kappa shape index (κ2) is 6.54. The predicted octanol–water partition coefficient (Wildman–Crippen LogP) is 4.40. The lowest BCUT2D eigenvalue weighted by molar-refractivity contribution is -0.137. The van der Waals surface area contributed by atoms with Crippen LogP contribution >= 0.6 is 0 Å². The molecule has 0 saturated carbocycles. The van der Waals surface area contributed by atoms with Crippen LogP contribution in [0.5, 0.6) is 0 Å². The Labute approximate surface area is 159 Å². The maximum absolute atomic E-state index is 12.7. The summed E-state index contributed by atoms with van der Waals surface area (Å²) in [5.41, 5.74) is -0.110. The molecule has 2 aliphatic heterocycles. The van der Waals surface area contributed by atoms with Gasteiger partial charge in [0.15, 0.2) is 5.60 Å². The summed E-state index contributed by atoms with van der Waals surface area (Å²) < 4.78 is 43.6. The third-order valence-electron chi connectivity index (χ3n) is 5.13. The van der Waals surface area contributed by atoms with Crippen LogP contribution in [0, 0.1) is 0 Å². The Morgan fingerprint density at radius 3 is 2.54 bits per heavy atom. The van der Waals surface area contributed by atoms with Gasteiger partial charge in [0.1, 0.15) is 0 Å². The highest BCUT2D eigenvalue weighted by Gasteiger charge is 2.48. The topological polar surface area (TPSA) is 58.6 Å². The number of fused-ring (bicyclic) bond motifs is 2. The van der Waals surface area contributed by atoms with Crippen molar-refractivity contribution in [2.24, 2.45) is 0 Å². The van der Waals surface area contributed by atoms with Crippen LogP contribution in [0.25, 0.3) is 0 Å². The van der Waals surface area contributed by atoms with Gasteiger partial charge in [0, 0.05) is 17.8 Å². The largest absolute Gasteiger partial charge is 0.449 e. The van der Waals surface area contributed by atoms with Gasteiger partial charge in [-0.1, -0.05) is 18.2 Å². The molecule has 4 rings (SSSR count). The summed E-state index contributed by atoms with van der Waals surface area (Å²) in [5.74, 6) is -0.402. The van der Waals surface area contributed by atoms with E-state index in [9.17, 15) is 22.8 Å². The molecule has 8 heteroatoms. The zero-order valence-corrected chi connectivity index (χ0v) is 14.8.